The molecule has 0 aliphatic carbocycles. The van der Waals surface area contributed by atoms with Crippen molar-refractivity contribution >= 4 is 27.7 Å². The molecule has 0 aliphatic heterocycles. The number of alkyl halides is 3. The molecule has 0 radical (unpaired) electrons. The third kappa shape index (κ3) is 4.63. The number of hydrogen-bond donors (Lipinski definition) is 0. The zero-order valence-electron chi connectivity index (χ0n) is 8.92. The molecule has 17 heavy (non-hydrogen) atoms. The summed E-state index contributed by atoms with van der Waals surface area (Å²) in [4.78, 5) is 0.709. The van der Waals surface area contributed by atoms with E-state index in [0.717, 1.165) is 11.8 Å². The van der Waals surface area contributed by atoms with Crippen LogP contribution in [0, 0.1) is 0 Å². The molecule has 0 unspecified atom stereocenters. The molecule has 0 aromatic heterocycles. The van der Waals surface area contributed by atoms with Crippen LogP contribution in [0.25, 0.3) is 0 Å². The smallest absolute Gasteiger partial charge is 0.450 e. The van der Waals surface area contributed by atoms with E-state index in [4.69, 9.17) is 0 Å². The second-order valence-electron chi connectivity index (χ2n) is 2.95. The summed E-state index contributed by atoms with van der Waals surface area (Å²) in [6.45, 7) is 1.48. The van der Waals surface area contributed by atoms with Crippen molar-refractivity contribution in [3.05, 3.63) is 39.9 Å². The predicted molar refractivity (Wildman–Crippen MR) is 65.9 cm³/mol. The van der Waals surface area contributed by atoms with E-state index >= 15 is 0 Å². The maximum atomic E-state index is 12.6. The number of halogens is 4. The number of benzene rings is 1. The predicted octanol–water partition coefficient (Wildman–Crippen LogP) is 4.94. The van der Waals surface area contributed by atoms with Gasteiger partial charge in [0, 0.05) is 4.90 Å². The molecular formula is C11H10BrF3OS. The van der Waals surface area contributed by atoms with Gasteiger partial charge < -0.3 is 4.74 Å². The summed E-state index contributed by atoms with van der Waals surface area (Å²) in [6, 6.07) is 8.78. The first kappa shape index (κ1) is 14.4. The van der Waals surface area contributed by atoms with Crippen LogP contribution >= 0.6 is 27.7 Å². The monoisotopic (exact) mass is 326 g/mol. The molecule has 0 amide bonds. The molecular weight excluding hydrogens is 317 g/mol. The Hall–Kier alpha value is -0.620. The standard InChI is InChI=1S/C11H10BrF3OS/c1-2-16-9(11(13,14)15)10(12)17-8-6-4-3-5-7-8/h3-7H,2H2,1H3/b10-9+. The highest BCUT2D eigenvalue weighted by molar-refractivity contribution is 9.14. The minimum absolute atomic E-state index is 0.0285. The molecule has 0 saturated heterocycles. The highest BCUT2D eigenvalue weighted by atomic mass is 79.9. The first-order valence-corrected chi connectivity index (χ1v) is 6.38. The number of rotatable bonds is 4. The van der Waals surface area contributed by atoms with Crippen molar-refractivity contribution < 1.29 is 17.9 Å². The van der Waals surface area contributed by atoms with Gasteiger partial charge in [-0.3, -0.25) is 0 Å². The molecule has 0 heterocycles. The van der Waals surface area contributed by atoms with E-state index in [9.17, 15) is 13.2 Å². The summed E-state index contributed by atoms with van der Waals surface area (Å²) in [6.07, 6.45) is -4.49. The van der Waals surface area contributed by atoms with Crippen molar-refractivity contribution in [1.29, 1.82) is 0 Å². The van der Waals surface area contributed by atoms with Gasteiger partial charge in [-0.1, -0.05) is 30.0 Å². The molecule has 0 spiro atoms. The zero-order valence-corrected chi connectivity index (χ0v) is 11.3. The van der Waals surface area contributed by atoms with Crippen LogP contribution in [0.5, 0.6) is 0 Å². The van der Waals surface area contributed by atoms with Gasteiger partial charge in [0.05, 0.1) is 6.61 Å². The summed E-state index contributed by atoms with van der Waals surface area (Å²) in [7, 11) is 0. The fourth-order valence-electron chi connectivity index (χ4n) is 1.03. The SMILES string of the molecule is CCO/C(=C(\Br)Sc1ccccc1)C(F)(F)F. The van der Waals surface area contributed by atoms with Crippen LogP contribution in [0.4, 0.5) is 13.2 Å². The van der Waals surface area contributed by atoms with Crippen LogP contribution in [0.3, 0.4) is 0 Å². The Morgan fingerprint density at radius 1 is 1.29 bits per heavy atom. The highest BCUT2D eigenvalue weighted by Gasteiger charge is 2.38. The van der Waals surface area contributed by atoms with Crippen molar-refractivity contribution in [3.8, 4) is 0 Å². The summed E-state index contributed by atoms with van der Waals surface area (Å²) < 4.78 is 42.5. The number of hydrogen-bond acceptors (Lipinski definition) is 2. The molecule has 0 saturated carbocycles. The minimum atomic E-state index is -4.49. The summed E-state index contributed by atoms with van der Waals surface area (Å²) in [5.74, 6) is -0.992. The molecule has 0 atom stereocenters. The Morgan fingerprint density at radius 3 is 2.35 bits per heavy atom. The van der Waals surface area contributed by atoms with Crippen LogP contribution in [-0.2, 0) is 4.74 Å². The number of thioether (sulfide) groups is 1. The Labute approximate surface area is 110 Å². The van der Waals surface area contributed by atoms with Gasteiger partial charge in [0.2, 0.25) is 5.76 Å². The lowest BCUT2D eigenvalue weighted by Crippen LogP contribution is -2.15. The maximum absolute atomic E-state index is 12.6. The van der Waals surface area contributed by atoms with Crippen molar-refractivity contribution in [2.45, 2.75) is 18.0 Å². The zero-order chi connectivity index (χ0) is 12.9. The molecule has 0 bridgehead atoms. The van der Waals surface area contributed by atoms with Gasteiger partial charge in [-0.2, -0.15) is 13.2 Å². The van der Waals surface area contributed by atoms with E-state index in [1.807, 2.05) is 0 Å². The molecule has 1 nitrogen and oxygen atoms in total. The second-order valence-corrected chi connectivity index (χ2v) is 5.35. The minimum Gasteiger partial charge on any atom is -0.488 e. The lowest BCUT2D eigenvalue weighted by molar-refractivity contribution is -0.129. The van der Waals surface area contributed by atoms with E-state index in [1.165, 1.54) is 6.92 Å². The van der Waals surface area contributed by atoms with E-state index < -0.39 is 11.9 Å². The van der Waals surface area contributed by atoms with Gasteiger partial charge in [-0.15, -0.1) is 0 Å². The lowest BCUT2D eigenvalue weighted by Gasteiger charge is -2.14. The van der Waals surface area contributed by atoms with Gasteiger partial charge in [0.25, 0.3) is 0 Å². The average Bonchev–Trinajstić information content (AvgIpc) is 2.25. The quantitative estimate of drug-likeness (QED) is 0.572. The Morgan fingerprint density at radius 2 is 1.88 bits per heavy atom. The van der Waals surface area contributed by atoms with Crippen LogP contribution in [0.1, 0.15) is 6.92 Å². The van der Waals surface area contributed by atoms with E-state index in [-0.39, 0.29) is 10.4 Å². The molecule has 94 valence electrons. The van der Waals surface area contributed by atoms with Crippen LogP contribution in [-0.4, -0.2) is 12.8 Å². The first-order valence-electron chi connectivity index (χ1n) is 4.77. The van der Waals surface area contributed by atoms with Gasteiger partial charge >= 0.3 is 6.18 Å². The fourth-order valence-corrected chi connectivity index (χ4v) is 2.70. The third-order valence-corrected chi connectivity index (χ3v) is 3.39. The van der Waals surface area contributed by atoms with Gasteiger partial charge in [0.15, 0.2) is 0 Å². The van der Waals surface area contributed by atoms with Crippen LogP contribution < -0.4 is 0 Å². The molecule has 1 aromatic rings. The first-order chi connectivity index (χ1) is 7.95. The Kier molecular flexibility index (Phi) is 5.39. The third-order valence-electron chi connectivity index (χ3n) is 1.68. The Bertz CT molecular complexity index is 389. The largest absolute Gasteiger partial charge is 0.488 e. The van der Waals surface area contributed by atoms with Crippen LogP contribution in [0.15, 0.2) is 44.8 Å². The summed E-state index contributed by atoms with van der Waals surface area (Å²) in [5, 5.41) is 0. The van der Waals surface area contributed by atoms with Crippen molar-refractivity contribution in [3.63, 3.8) is 0 Å². The van der Waals surface area contributed by atoms with E-state index in [0.29, 0.717) is 4.90 Å². The fraction of sp³-hybridized carbons (Fsp3) is 0.273. The van der Waals surface area contributed by atoms with Gasteiger partial charge in [-0.25, -0.2) is 0 Å². The summed E-state index contributed by atoms with van der Waals surface area (Å²) >= 11 is 3.89. The van der Waals surface area contributed by atoms with Crippen molar-refractivity contribution in [2.75, 3.05) is 6.61 Å². The lowest BCUT2D eigenvalue weighted by atomic mass is 10.4. The van der Waals surface area contributed by atoms with E-state index in [1.54, 1.807) is 30.3 Å². The topological polar surface area (TPSA) is 9.23 Å². The average molecular weight is 327 g/mol. The van der Waals surface area contributed by atoms with Gasteiger partial charge in [-0.05, 0) is 35.0 Å². The van der Waals surface area contributed by atoms with Crippen molar-refractivity contribution in [2.24, 2.45) is 0 Å². The maximum Gasteiger partial charge on any atom is 0.450 e. The molecule has 0 N–H and O–H groups in total. The van der Waals surface area contributed by atoms with Crippen LogP contribution in [0.2, 0.25) is 0 Å². The summed E-state index contributed by atoms with van der Waals surface area (Å²) in [5.41, 5.74) is 0. The molecule has 1 aromatic carbocycles. The highest BCUT2D eigenvalue weighted by Crippen LogP contribution is 2.40. The van der Waals surface area contributed by atoms with E-state index in [2.05, 4.69) is 20.7 Å². The molecule has 0 fully saturated rings. The van der Waals surface area contributed by atoms with Gasteiger partial charge in [0.1, 0.15) is 3.81 Å². The number of ether oxygens (including phenoxy) is 1. The molecule has 6 heteroatoms. The Balaban J connectivity index is 2.93. The molecule has 0 aliphatic rings. The number of allylic oxidation sites excluding steroid dienone is 1. The second kappa shape index (κ2) is 6.35. The van der Waals surface area contributed by atoms with Crippen molar-refractivity contribution in [1.82, 2.24) is 0 Å². The molecule has 1 rings (SSSR count). The normalized spacial score (nSPS) is 13.2.